The number of aromatic nitrogens is 1. The summed E-state index contributed by atoms with van der Waals surface area (Å²) in [7, 11) is 1.65. The Morgan fingerprint density at radius 2 is 2.44 bits per heavy atom. The molecule has 1 atom stereocenters. The van der Waals surface area contributed by atoms with Gasteiger partial charge in [0.2, 0.25) is 0 Å². The Kier molecular flexibility index (Phi) is 3.76. The highest BCUT2D eigenvalue weighted by Crippen LogP contribution is 2.17. The fourth-order valence-electron chi connectivity index (χ4n) is 1.97. The van der Waals surface area contributed by atoms with Crippen LogP contribution in [0.3, 0.4) is 0 Å². The first-order chi connectivity index (χ1) is 8.61. The minimum Gasteiger partial charge on any atom is -0.375 e. The van der Waals surface area contributed by atoms with Crippen LogP contribution in [0.15, 0.2) is 12.3 Å². The smallest absolute Gasteiger partial charge is 0.257 e. The van der Waals surface area contributed by atoms with Crippen LogP contribution >= 0.6 is 0 Å². The molecule has 0 radical (unpaired) electrons. The summed E-state index contributed by atoms with van der Waals surface area (Å²) in [4.78, 5) is 17.8. The van der Waals surface area contributed by atoms with Crippen LogP contribution in [0.25, 0.3) is 0 Å². The number of anilines is 1. The molecule has 0 aromatic carbocycles. The number of morpholine rings is 1. The Labute approximate surface area is 105 Å². The predicted molar refractivity (Wildman–Crippen MR) is 65.1 cm³/mol. The average molecular weight is 253 g/mol. The first-order valence-corrected chi connectivity index (χ1v) is 5.86. The molecule has 1 aliphatic heterocycles. The largest absolute Gasteiger partial charge is 0.375 e. The summed E-state index contributed by atoms with van der Waals surface area (Å²) in [5.41, 5.74) is 0.256. The van der Waals surface area contributed by atoms with Crippen molar-refractivity contribution in [2.24, 2.45) is 0 Å². The zero-order chi connectivity index (χ0) is 13.1. The molecule has 6 heteroatoms. The molecule has 0 spiro atoms. The molecule has 1 saturated heterocycles. The predicted octanol–water partition coefficient (Wildman–Crippen LogP) is 1.12. The van der Waals surface area contributed by atoms with E-state index < -0.39 is 5.82 Å². The lowest BCUT2D eigenvalue weighted by Gasteiger charge is -2.31. The van der Waals surface area contributed by atoms with Crippen molar-refractivity contribution in [1.82, 2.24) is 9.88 Å². The standard InChI is InChI=1S/C12H16FN3O2/c1-8-7-16(3-4-18-8)12(17)10-5-9(13)6-15-11(10)14-2/h5-6,8H,3-4,7H2,1-2H3,(H,14,15). The Morgan fingerprint density at radius 3 is 3.11 bits per heavy atom. The zero-order valence-corrected chi connectivity index (χ0v) is 10.4. The molecule has 1 unspecified atom stereocenters. The molecule has 0 bridgehead atoms. The van der Waals surface area contributed by atoms with Crippen molar-refractivity contribution in [1.29, 1.82) is 0 Å². The Balaban J connectivity index is 2.24. The minimum atomic E-state index is -0.515. The van der Waals surface area contributed by atoms with Gasteiger partial charge in [0.15, 0.2) is 0 Å². The lowest BCUT2D eigenvalue weighted by atomic mass is 10.2. The van der Waals surface area contributed by atoms with E-state index in [1.54, 1.807) is 11.9 Å². The number of halogens is 1. The van der Waals surface area contributed by atoms with Crippen molar-refractivity contribution in [3.8, 4) is 0 Å². The third-order valence-corrected chi connectivity index (χ3v) is 2.85. The van der Waals surface area contributed by atoms with E-state index in [0.29, 0.717) is 25.5 Å². The molecule has 1 aliphatic rings. The number of nitrogens with zero attached hydrogens (tertiary/aromatic N) is 2. The van der Waals surface area contributed by atoms with Gasteiger partial charge in [-0.05, 0) is 13.0 Å². The minimum absolute atomic E-state index is 0.00209. The normalized spacial score (nSPS) is 19.7. The van der Waals surface area contributed by atoms with Crippen molar-refractivity contribution in [2.45, 2.75) is 13.0 Å². The van der Waals surface area contributed by atoms with Gasteiger partial charge in [0.05, 0.1) is 24.5 Å². The van der Waals surface area contributed by atoms with Crippen molar-refractivity contribution >= 4 is 11.7 Å². The van der Waals surface area contributed by atoms with Gasteiger partial charge in [-0.15, -0.1) is 0 Å². The highest BCUT2D eigenvalue weighted by Gasteiger charge is 2.24. The fraction of sp³-hybridized carbons (Fsp3) is 0.500. The first-order valence-electron chi connectivity index (χ1n) is 5.86. The summed E-state index contributed by atoms with van der Waals surface area (Å²) in [6.45, 7) is 3.44. The molecule has 2 rings (SSSR count). The number of hydrogen-bond donors (Lipinski definition) is 1. The van der Waals surface area contributed by atoms with Crippen molar-refractivity contribution in [3.63, 3.8) is 0 Å². The number of carbonyl (C=O) groups is 1. The maximum atomic E-state index is 13.2. The molecular weight excluding hydrogens is 237 g/mol. The van der Waals surface area contributed by atoms with Gasteiger partial charge in [-0.25, -0.2) is 9.37 Å². The molecule has 1 N–H and O–H groups in total. The summed E-state index contributed by atoms with van der Waals surface area (Å²) in [6.07, 6.45) is 1.09. The van der Waals surface area contributed by atoms with Crippen LogP contribution in [0.4, 0.5) is 10.2 Å². The molecule has 1 aromatic rings. The summed E-state index contributed by atoms with van der Waals surface area (Å²) < 4.78 is 18.6. The van der Waals surface area contributed by atoms with Gasteiger partial charge in [-0.2, -0.15) is 0 Å². The van der Waals surface area contributed by atoms with Gasteiger partial charge in [-0.1, -0.05) is 0 Å². The molecule has 1 amide bonds. The number of pyridine rings is 1. The lowest BCUT2D eigenvalue weighted by molar-refractivity contribution is -0.0124. The Bertz CT molecular complexity index is 453. The van der Waals surface area contributed by atoms with E-state index in [9.17, 15) is 9.18 Å². The Hall–Kier alpha value is -1.69. The van der Waals surface area contributed by atoms with Crippen molar-refractivity contribution in [3.05, 3.63) is 23.6 Å². The fourth-order valence-corrected chi connectivity index (χ4v) is 1.97. The van der Waals surface area contributed by atoms with E-state index in [-0.39, 0.29) is 17.6 Å². The van der Waals surface area contributed by atoms with E-state index >= 15 is 0 Å². The van der Waals surface area contributed by atoms with Gasteiger partial charge >= 0.3 is 0 Å². The number of rotatable bonds is 2. The maximum Gasteiger partial charge on any atom is 0.257 e. The van der Waals surface area contributed by atoms with E-state index in [4.69, 9.17) is 4.74 Å². The molecular formula is C12H16FN3O2. The summed E-state index contributed by atoms with van der Waals surface area (Å²) >= 11 is 0. The van der Waals surface area contributed by atoms with Crippen LogP contribution in [0.2, 0.25) is 0 Å². The van der Waals surface area contributed by atoms with Gasteiger partial charge in [-0.3, -0.25) is 4.79 Å². The first kappa shape index (κ1) is 12.8. The van der Waals surface area contributed by atoms with E-state index in [1.807, 2.05) is 6.92 Å². The third-order valence-electron chi connectivity index (χ3n) is 2.85. The average Bonchev–Trinajstić information content (AvgIpc) is 2.38. The quantitative estimate of drug-likeness (QED) is 0.858. The Morgan fingerprint density at radius 1 is 1.67 bits per heavy atom. The van der Waals surface area contributed by atoms with Crippen molar-refractivity contribution in [2.75, 3.05) is 32.1 Å². The van der Waals surface area contributed by atoms with Gasteiger partial charge in [0, 0.05) is 20.1 Å². The number of nitrogens with one attached hydrogen (secondary N) is 1. The number of ether oxygens (including phenoxy) is 1. The molecule has 0 saturated carbocycles. The number of carbonyl (C=O) groups excluding carboxylic acids is 1. The molecule has 0 aliphatic carbocycles. The van der Waals surface area contributed by atoms with Gasteiger partial charge in [0.1, 0.15) is 11.6 Å². The highest BCUT2D eigenvalue weighted by atomic mass is 19.1. The van der Waals surface area contributed by atoms with Crippen LogP contribution < -0.4 is 5.32 Å². The molecule has 1 aromatic heterocycles. The highest BCUT2D eigenvalue weighted by molar-refractivity contribution is 5.98. The topological polar surface area (TPSA) is 54.5 Å². The molecule has 1 fully saturated rings. The molecule has 2 heterocycles. The molecule has 5 nitrogen and oxygen atoms in total. The van der Waals surface area contributed by atoms with Crippen LogP contribution in [0.1, 0.15) is 17.3 Å². The van der Waals surface area contributed by atoms with Crippen molar-refractivity contribution < 1.29 is 13.9 Å². The van der Waals surface area contributed by atoms with E-state index in [2.05, 4.69) is 10.3 Å². The van der Waals surface area contributed by atoms with Gasteiger partial charge in [0.25, 0.3) is 5.91 Å². The molecule has 98 valence electrons. The summed E-state index contributed by atoms with van der Waals surface area (Å²) in [5, 5.41) is 2.80. The third kappa shape index (κ3) is 2.59. The van der Waals surface area contributed by atoms with Crippen LogP contribution in [0.5, 0.6) is 0 Å². The lowest BCUT2D eigenvalue weighted by Crippen LogP contribution is -2.44. The van der Waals surface area contributed by atoms with Crippen LogP contribution in [0, 0.1) is 5.82 Å². The number of amides is 1. The summed E-state index contributed by atoms with van der Waals surface area (Å²) in [6, 6.07) is 1.21. The monoisotopic (exact) mass is 253 g/mol. The second-order valence-corrected chi connectivity index (χ2v) is 4.23. The van der Waals surface area contributed by atoms with Gasteiger partial charge < -0.3 is 15.0 Å². The van der Waals surface area contributed by atoms with E-state index in [0.717, 1.165) is 6.20 Å². The second-order valence-electron chi connectivity index (χ2n) is 4.23. The van der Waals surface area contributed by atoms with Crippen LogP contribution in [-0.4, -0.2) is 48.6 Å². The van der Waals surface area contributed by atoms with E-state index in [1.165, 1.54) is 6.07 Å². The molecule has 18 heavy (non-hydrogen) atoms. The SMILES string of the molecule is CNc1ncc(F)cc1C(=O)N1CCOC(C)C1. The summed E-state index contributed by atoms with van der Waals surface area (Å²) in [5.74, 6) is -0.347. The van der Waals surface area contributed by atoms with Crippen LogP contribution in [-0.2, 0) is 4.74 Å². The maximum absolute atomic E-state index is 13.2. The second kappa shape index (κ2) is 5.30. The number of hydrogen-bond acceptors (Lipinski definition) is 4. The zero-order valence-electron chi connectivity index (χ0n) is 10.4.